The zero-order chi connectivity index (χ0) is 18.7. The summed E-state index contributed by atoms with van der Waals surface area (Å²) in [6.07, 6.45) is 0.796. The second kappa shape index (κ2) is 7.35. The molecule has 0 aliphatic rings. The maximum absolute atomic E-state index is 12.7. The van der Waals surface area contributed by atoms with Crippen molar-refractivity contribution in [1.29, 1.82) is 0 Å². The molecule has 7 nitrogen and oxygen atoms in total. The molecule has 0 radical (unpaired) electrons. The van der Waals surface area contributed by atoms with Crippen LogP contribution in [0.2, 0.25) is 0 Å². The molecule has 2 aromatic heterocycles. The number of nitrogens with two attached hydrogens (primary N) is 1. The van der Waals surface area contributed by atoms with Gasteiger partial charge in [0.1, 0.15) is 0 Å². The zero-order valence-electron chi connectivity index (χ0n) is 15.2. The van der Waals surface area contributed by atoms with E-state index in [1.54, 1.807) is 28.8 Å². The Morgan fingerprint density at radius 3 is 2.58 bits per heavy atom. The van der Waals surface area contributed by atoms with E-state index in [4.69, 9.17) is 5.73 Å². The van der Waals surface area contributed by atoms with Gasteiger partial charge in [-0.25, -0.2) is 9.67 Å². The molecule has 2 N–H and O–H groups in total. The molecule has 0 fully saturated rings. The van der Waals surface area contributed by atoms with Gasteiger partial charge in [0, 0.05) is 31.0 Å². The van der Waals surface area contributed by atoms with Crippen molar-refractivity contribution in [2.75, 3.05) is 19.3 Å². The number of amides is 1. The van der Waals surface area contributed by atoms with Crippen LogP contribution in [0.4, 0.5) is 5.95 Å². The van der Waals surface area contributed by atoms with Gasteiger partial charge in [-0.15, -0.1) is 0 Å². The smallest absolute Gasteiger partial charge is 0.274 e. The fraction of sp³-hybridized carbons (Fsp3) is 0.263. The molecule has 0 aliphatic heterocycles. The van der Waals surface area contributed by atoms with Crippen LogP contribution in [0.1, 0.15) is 27.4 Å². The van der Waals surface area contributed by atoms with Crippen molar-refractivity contribution in [3.05, 3.63) is 65.1 Å². The predicted octanol–water partition coefficient (Wildman–Crippen LogP) is 2.18. The van der Waals surface area contributed by atoms with Gasteiger partial charge in [0.25, 0.3) is 5.91 Å². The minimum absolute atomic E-state index is 0.124. The summed E-state index contributed by atoms with van der Waals surface area (Å²) in [6, 6.07) is 13.6. The molecule has 3 aromatic rings. The fourth-order valence-corrected chi connectivity index (χ4v) is 2.73. The number of likely N-dealkylation sites (N-methyl/N-ethyl adjacent to an activating group) is 1. The molecular formula is C19H22N6O. The molecule has 0 aliphatic carbocycles. The summed E-state index contributed by atoms with van der Waals surface area (Å²) in [5.74, 6) is 0.614. The summed E-state index contributed by atoms with van der Waals surface area (Å²) in [5, 5.41) is 4.42. The summed E-state index contributed by atoms with van der Waals surface area (Å²) < 4.78 is 1.61. The number of nitrogen functional groups attached to an aromatic ring is 1. The number of carbonyl (C=O) groups excluding carboxylic acids is 1. The first-order valence-electron chi connectivity index (χ1n) is 8.41. The number of rotatable bonds is 5. The van der Waals surface area contributed by atoms with Gasteiger partial charge in [-0.05, 0) is 31.9 Å². The number of hydrogen-bond acceptors (Lipinski definition) is 5. The van der Waals surface area contributed by atoms with Crippen molar-refractivity contribution >= 4 is 11.9 Å². The third-order valence-corrected chi connectivity index (χ3v) is 4.11. The zero-order valence-corrected chi connectivity index (χ0v) is 15.2. The predicted molar refractivity (Wildman–Crippen MR) is 100 cm³/mol. The highest BCUT2D eigenvalue weighted by Crippen LogP contribution is 2.13. The maximum Gasteiger partial charge on any atom is 0.274 e. The third kappa shape index (κ3) is 3.88. The third-order valence-electron chi connectivity index (χ3n) is 4.11. The lowest BCUT2D eigenvalue weighted by Crippen LogP contribution is -2.29. The SMILES string of the molecule is Cc1cc(-n2nc(C(=O)N(C)CCc3ccccc3)cc2C)nc(N)n1. The van der Waals surface area contributed by atoms with E-state index >= 15 is 0 Å². The van der Waals surface area contributed by atoms with Crippen molar-refractivity contribution in [3.8, 4) is 5.82 Å². The van der Waals surface area contributed by atoms with E-state index in [0.717, 1.165) is 17.8 Å². The highest BCUT2D eigenvalue weighted by Gasteiger charge is 2.18. The molecule has 1 aromatic carbocycles. The van der Waals surface area contributed by atoms with Crippen molar-refractivity contribution in [3.63, 3.8) is 0 Å². The summed E-state index contributed by atoms with van der Waals surface area (Å²) in [7, 11) is 1.78. The molecular weight excluding hydrogens is 328 g/mol. The van der Waals surface area contributed by atoms with Crippen molar-refractivity contribution < 1.29 is 4.79 Å². The van der Waals surface area contributed by atoms with Crippen LogP contribution < -0.4 is 5.73 Å². The van der Waals surface area contributed by atoms with Gasteiger partial charge in [0.2, 0.25) is 5.95 Å². The summed E-state index contributed by atoms with van der Waals surface area (Å²) in [4.78, 5) is 22.6. The fourth-order valence-electron chi connectivity index (χ4n) is 2.73. The van der Waals surface area contributed by atoms with Gasteiger partial charge < -0.3 is 10.6 Å². The van der Waals surface area contributed by atoms with Crippen LogP contribution >= 0.6 is 0 Å². The molecule has 0 bridgehead atoms. The Kier molecular flexibility index (Phi) is 4.97. The number of anilines is 1. The minimum atomic E-state index is -0.124. The van der Waals surface area contributed by atoms with Gasteiger partial charge in [-0.3, -0.25) is 4.79 Å². The molecule has 7 heteroatoms. The number of nitrogens with zero attached hydrogens (tertiary/aromatic N) is 5. The van der Waals surface area contributed by atoms with Crippen LogP contribution in [0.25, 0.3) is 5.82 Å². The Bertz CT molecular complexity index is 899. The second-order valence-electron chi connectivity index (χ2n) is 6.27. The van der Waals surface area contributed by atoms with E-state index in [1.165, 1.54) is 5.56 Å². The van der Waals surface area contributed by atoms with E-state index in [-0.39, 0.29) is 11.9 Å². The van der Waals surface area contributed by atoms with Crippen LogP contribution in [-0.2, 0) is 6.42 Å². The quantitative estimate of drug-likeness (QED) is 0.762. The van der Waals surface area contributed by atoms with E-state index in [9.17, 15) is 4.79 Å². The first-order chi connectivity index (χ1) is 12.4. The molecule has 0 atom stereocenters. The lowest BCUT2D eigenvalue weighted by molar-refractivity contribution is 0.0790. The van der Waals surface area contributed by atoms with E-state index < -0.39 is 0 Å². The van der Waals surface area contributed by atoms with E-state index in [0.29, 0.717) is 18.1 Å². The van der Waals surface area contributed by atoms with Gasteiger partial charge in [0.05, 0.1) is 0 Å². The van der Waals surface area contributed by atoms with E-state index in [1.807, 2.05) is 32.0 Å². The van der Waals surface area contributed by atoms with Crippen LogP contribution in [0, 0.1) is 13.8 Å². The molecule has 3 rings (SSSR count). The highest BCUT2D eigenvalue weighted by atomic mass is 16.2. The minimum Gasteiger partial charge on any atom is -0.368 e. The molecule has 1 amide bonds. The first-order valence-corrected chi connectivity index (χ1v) is 8.41. The van der Waals surface area contributed by atoms with Crippen LogP contribution in [0.15, 0.2) is 42.5 Å². The molecule has 134 valence electrons. The van der Waals surface area contributed by atoms with E-state index in [2.05, 4.69) is 27.2 Å². The largest absolute Gasteiger partial charge is 0.368 e. The highest BCUT2D eigenvalue weighted by molar-refractivity contribution is 5.92. The second-order valence-corrected chi connectivity index (χ2v) is 6.27. The number of hydrogen-bond donors (Lipinski definition) is 1. The maximum atomic E-state index is 12.7. The van der Waals surface area contributed by atoms with Crippen LogP contribution in [0.3, 0.4) is 0 Å². The molecule has 0 saturated heterocycles. The Hall–Kier alpha value is -3.22. The van der Waals surface area contributed by atoms with Gasteiger partial charge >= 0.3 is 0 Å². The number of aromatic nitrogens is 4. The van der Waals surface area contributed by atoms with Crippen LogP contribution in [0.5, 0.6) is 0 Å². The van der Waals surface area contributed by atoms with Gasteiger partial charge in [0.15, 0.2) is 11.5 Å². The van der Waals surface area contributed by atoms with Gasteiger partial charge in [-0.2, -0.15) is 10.1 Å². The lowest BCUT2D eigenvalue weighted by Gasteiger charge is -2.15. The molecule has 2 heterocycles. The molecule has 26 heavy (non-hydrogen) atoms. The number of aryl methyl sites for hydroxylation is 2. The Balaban J connectivity index is 1.76. The van der Waals surface area contributed by atoms with Crippen LogP contribution in [-0.4, -0.2) is 44.1 Å². The lowest BCUT2D eigenvalue weighted by atomic mass is 10.1. The van der Waals surface area contributed by atoms with Crippen molar-refractivity contribution in [1.82, 2.24) is 24.6 Å². The Morgan fingerprint density at radius 1 is 1.15 bits per heavy atom. The Morgan fingerprint density at radius 2 is 1.88 bits per heavy atom. The molecule has 0 unspecified atom stereocenters. The first kappa shape index (κ1) is 17.6. The normalized spacial score (nSPS) is 10.7. The van der Waals surface area contributed by atoms with Gasteiger partial charge in [-0.1, -0.05) is 30.3 Å². The number of carbonyl (C=O) groups is 1. The average molecular weight is 350 g/mol. The monoisotopic (exact) mass is 350 g/mol. The summed E-state index contributed by atoms with van der Waals surface area (Å²) in [6.45, 7) is 4.33. The average Bonchev–Trinajstić information content (AvgIpc) is 3.01. The summed E-state index contributed by atoms with van der Waals surface area (Å²) in [5.41, 5.74) is 8.85. The van der Waals surface area contributed by atoms with Crippen molar-refractivity contribution in [2.45, 2.75) is 20.3 Å². The number of benzene rings is 1. The topological polar surface area (TPSA) is 89.9 Å². The molecule has 0 saturated carbocycles. The molecule has 0 spiro atoms. The standard InChI is InChI=1S/C19H22N6O/c1-13-11-17(22-19(20)21-13)25-14(2)12-16(23-25)18(26)24(3)10-9-15-7-5-4-6-8-15/h4-8,11-12H,9-10H2,1-3H3,(H2,20,21,22). The Labute approximate surface area is 152 Å². The van der Waals surface area contributed by atoms with Crippen molar-refractivity contribution in [2.24, 2.45) is 0 Å². The summed E-state index contributed by atoms with van der Waals surface area (Å²) >= 11 is 0.